The van der Waals surface area contributed by atoms with Crippen LogP contribution in [0.4, 0.5) is 8.78 Å². The molecule has 1 aromatic carbocycles. The summed E-state index contributed by atoms with van der Waals surface area (Å²) in [4.78, 5) is 24.6. The van der Waals surface area contributed by atoms with Gasteiger partial charge in [-0.3, -0.25) is 4.79 Å². The summed E-state index contributed by atoms with van der Waals surface area (Å²) in [5.74, 6) is -2.52. The predicted octanol–water partition coefficient (Wildman–Crippen LogP) is 2.36. The Bertz CT molecular complexity index is 558. The number of carboxylic acids is 1. The Hall–Kier alpha value is -1.98. The molecule has 114 valence electrons. The van der Waals surface area contributed by atoms with Crippen LogP contribution >= 0.6 is 0 Å². The van der Waals surface area contributed by atoms with Crippen molar-refractivity contribution in [3.63, 3.8) is 0 Å². The predicted molar refractivity (Wildman–Crippen MR) is 71.6 cm³/mol. The molecule has 6 heteroatoms. The molecule has 0 aliphatic heterocycles. The fourth-order valence-corrected chi connectivity index (χ4v) is 2.31. The van der Waals surface area contributed by atoms with Crippen LogP contribution in [0.1, 0.15) is 31.7 Å². The van der Waals surface area contributed by atoms with Crippen LogP contribution in [0.2, 0.25) is 0 Å². The molecular weight excluding hydrogens is 280 g/mol. The molecule has 21 heavy (non-hydrogen) atoms. The molecule has 1 atom stereocenters. The summed E-state index contributed by atoms with van der Waals surface area (Å²) in [7, 11) is 0. The highest BCUT2D eigenvalue weighted by Crippen LogP contribution is 2.29. The average Bonchev–Trinajstić information content (AvgIpc) is 3.24. The molecule has 4 nitrogen and oxygen atoms in total. The Morgan fingerprint density at radius 1 is 1.38 bits per heavy atom. The van der Waals surface area contributed by atoms with E-state index < -0.39 is 23.6 Å². The van der Waals surface area contributed by atoms with Crippen molar-refractivity contribution in [2.75, 3.05) is 0 Å². The van der Waals surface area contributed by atoms with Crippen LogP contribution in [0.5, 0.6) is 0 Å². The summed E-state index contributed by atoms with van der Waals surface area (Å²) >= 11 is 0. The van der Waals surface area contributed by atoms with Crippen molar-refractivity contribution in [3.8, 4) is 0 Å². The number of carbonyl (C=O) groups excluding carboxylic acids is 1. The van der Waals surface area contributed by atoms with Crippen molar-refractivity contribution < 1.29 is 23.5 Å². The van der Waals surface area contributed by atoms with Crippen molar-refractivity contribution in [1.82, 2.24) is 4.90 Å². The van der Waals surface area contributed by atoms with Crippen LogP contribution < -0.4 is 0 Å². The first-order valence-electron chi connectivity index (χ1n) is 6.88. The van der Waals surface area contributed by atoms with Gasteiger partial charge in [-0.25, -0.2) is 13.6 Å². The molecule has 1 aromatic rings. The van der Waals surface area contributed by atoms with E-state index in [0.29, 0.717) is 0 Å². The number of rotatable bonds is 6. The van der Waals surface area contributed by atoms with E-state index in [2.05, 4.69) is 0 Å². The first kappa shape index (κ1) is 15.4. The third-order valence-corrected chi connectivity index (χ3v) is 3.62. The summed E-state index contributed by atoms with van der Waals surface area (Å²) in [6.07, 6.45) is 1.60. The summed E-state index contributed by atoms with van der Waals surface area (Å²) in [5.41, 5.74) is 0.127. The van der Waals surface area contributed by atoms with Crippen molar-refractivity contribution in [1.29, 1.82) is 0 Å². The van der Waals surface area contributed by atoms with Crippen LogP contribution in [0, 0.1) is 11.6 Å². The monoisotopic (exact) mass is 297 g/mol. The molecule has 0 spiro atoms. The number of hydrogen-bond acceptors (Lipinski definition) is 2. The van der Waals surface area contributed by atoms with Crippen molar-refractivity contribution in [2.24, 2.45) is 0 Å². The summed E-state index contributed by atoms with van der Waals surface area (Å²) in [6, 6.07) is 2.16. The normalized spacial score (nSPS) is 15.6. The maximum Gasteiger partial charge on any atom is 0.326 e. The van der Waals surface area contributed by atoms with Crippen molar-refractivity contribution in [3.05, 3.63) is 35.4 Å². The quantitative estimate of drug-likeness (QED) is 0.877. The number of carbonyl (C=O) groups is 2. The van der Waals surface area contributed by atoms with Crippen LogP contribution in [-0.4, -0.2) is 34.0 Å². The van der Waals surface area contributed by atoms with E-state index in [1.54, 1.807) is 0 Å². The molecule has 0 radical (unpaired) electrons. The van der Waals surface area contributed by atoms with Gasteiger partial charge in [-0.15, -0.1) is 0 Å². The average molecular weight is 297 g/mol. The Morgan fingerprint density at radius 2 is 2.05 bits per heavy atom. The minimum absolute atomic E-state index is 0.0332. The van der Waals surface area contributed by atoms with Gasteiger partial charge in [-0.05, 0) is 49.9 Å². The molecule has 1 aliphatic rings. The Kier molecular flexibility index (Phi) is 4.55. The second kappa shape index (κ2) is 6.20. The van der Waals surface area contributed by atoms with Crippen LogP contribution in [-0.2, 0) is 16.0 Å². The van der Waals surface area contributed by atoms with Gasteiger partial charge in [-0.2, -0.15) is 0 Å². The van der Waals surface area contributed by atoms with E-state index in [0.717, 1.165) is 31.0 Å². The van der Waals surface area contributed by atoms with Gasteiger partial charge < -0.3 is 10.0 Å². The first-order chi connectivity index (χ1) is 9.90. The van der Waals surface area contributed by atoms with Gasteiger partial charge in [0.25, 0.3) is 0 Å². The molecule has 1 fully saturated rings. The molecule has 0 heterocycles. The fraction of sp³-hybridized carbons (Fsp3) is 0.467. The number of carboxylic acid groups (broad SMARTS) is 1. The topological polar surface area (TPSA) is 57.6 Å². The number of benzene rings is 1. The van der Waals surface area contributed by atoms with Gasteiger partial charge in [0.2, 0.25) is 5.91 Å². The van der Waals surface area contributed by atoms with Crippen molar-refractivity contribution >= 4 is 11.9 Å². The van der Waals surface area contributed by atoms with Gasteiger partial charge >= 0.3 is 5.97 Å². The zero-order valence-electron chi connectivity index (χ0n) is 11.7. The van der Waals surface area contributed by atoms with E-state index in [1.807, 2.05) is 0 Å². The molecule has 0 aromatic heterocycles. The maximum atomic E-state index is 13.5. The Morgan fingerprint density at radius 3 is 2.62 bits per heavy atom. The molecular formula is C15H17F2NO3. The highest BCUT2D eigenvalue weighted by molar-refractivity contribution is 5.84. The smallest absolute Gasteiger partial charge is 0.326 e. The van der Waals surface area contributed by atoms with Crippen molar-refractivity contribution in [2.45, 2.75) is 44.7 Å². The Balaban J connectivity index is 2.02. The lowest BCUT2D eigenvalue weighted by Crippen LogP contribution is -2.44. The molecule has 1 saturated carbocycles. The Labute approximate surface area is 121 Å². The minimum Gasteiger partial charge on any atom is -0.480 e. The van der Waals surface area contributed by atoms with E-state index in [1.165, 1.54) is 11.8 Å². The SMILES string of the molecule is C[C@H](C(=O)O)N(C(=O)CCc1cc(F)ccc1F)C1CC1. The highest BCUT2D eigenvalue weighted by Gasteiger charge is 2.37. The zero-order chi connectivity index (χ0) is 15.6. The standard InChI is InChI=1S/C15H17F2NO3/c1-9(15(20)21)18(12-4-5-12)14(19)7-2-10-8-11(16)3-6-13(10)17/h3,6,8-9,12H,2,4-5,7H2,1H3,(H,20,21)/t9-/m1/s1. The number of halogens is 2. The van der Waals surface area contributed by atoms with Crippen LogP contribution in [0.3, 0.4) is 0 Å². The number of amides is 1. The second-order valence-electron chi connectivity index (χ2n) is 5.28. The molecule has 1 amide bonds. The lowest BCUT2D eigenvalue weighted by Gasteiger charge is -2.26. The number of hydrogen-bond donors (Lipinski definition) is 1. The maximum absolute atomic E-state index is 13.5. The fourth-order valence-electron chi connectivity index (χ4n) is 2.31. The summed E-state index contributed by atoms with van der Waals surface area (Å²) < 4.78 is 26.6. The lowest BCUT2D eigenvalue weighted by atomic mass is 10.1. The number of aliphatic carboxylic acids is 1. The number of aryl methyl sites for hydroxylation is 1. The molecule has 2 rings (SSSR count). The van der Waals surface area contributed by atoms with Gasteiger partial charge in [0.1, 0.15) is 17.7 Å². The van der Waals surface area contributed by atoms with E-state index >= 15 is 0 Å². The summed E-state index contributed by atoms with van der Waals surface area (Å²) in [5, 5.41) is 9.04. The second-order valence-corrected chi connectivity index (χ2v) is 5.28. The van der Waals surface area contributed by atoms with E-state index in [9.17, 15) is 18.4 Å². The van der Waals surface area contributed by atoms with Gasteiger partial charge in [-0.1, -0.05) is 0 Å². The zero-order valence-corrected chi connectivity index (χ0v) is 11.7. The largest absolute Gasteiger partial charge is 0.480 e. The third kappa shape index (κ3) is 3.77. The minimum atomic E-state index is -1.06. The number of nitrogens with zero attached hydrogens (tertiary/aromatic N) is 1. The van der Waals surface area contributed by atoms with Gasteiger partial charge in [0.05, 0.1) is 0 Å². The molecule has 0 bridgehead atoms. The molecule has 0 saturated heterocycles. The first-order valence-corrected chi connectivity index (χ1v) is 6.88. The van der Waals surface area contributed by atoms with Crippen LogP contribution in [0.15, 0.2) is 18.2 Å². The molecule has 1 aliphatic carbocycles. The molecule has 0 unspecified atom stereocenters. The third-order valence-electron chi connectivity index (χ3n) is 3.62. The van der Waals surface area contributed by atoms with E-state index in [4.69, 9.17) is 5.11 Å². The lowest BCUT2D eigenvalue weighted by molar-refractivity contribution is -0.150. The van der Waals surface area contributed by atoms with Crippen LogP contribution in [0.25, 0.3) is 0 Å². The summed E-state index contributed by atoms with van der Waals surface area (Å²) in [6.45, 7) is 1.46. The van der Waals surface area contributed by atoms with Gasteiger partial charge in [0.15, 0.2) is 0 Å². The highest BCUT2D eigenvalue weighted by atomic mass is 19.1. The van der Waals surface area contributed by atoms with E-state index in [-0.39, 0.29) is 30.4 Å². The van der Waals surface area contributed by atoms with Gasteiger partial charge in [0, 0.05) is 12.5 Å². The molecule has 1 N–H and O–H groups in total.